The van der Waals surface area contributed by atoms with Crippen molar-refractivity contribution < 1.29 is 9.00 Å². The van der Waals surface area contributed by atoms with Gasteiger partial charge in [0, 0.05) is 17.3 Å². The Hall–Kier alpha value is -1.60. The lowest BCUT2D eigenvalue weighted by Gasteiger charge is -2.04. The van der Waals surface area contributed by atoms with Gasteiger partial charge in [-0.3, -0.25) is 9.00 Å². The van der Waals surface area contributed by atoms with Gasteiger partial charge in [-0.25, -0.2) is 9.97 Å². The largest absolute Gasteiger partial charge is 0.350 e. The van der Waals surface area contributed by atoms with Crippen LogP contribution in [0.2, 0.25) is 0 Å². The molecule has 1 amide bonds. The summed E-state index contributed by atoms with van der Waals surface area (Å²) in [4.78, 5) is 20.8. The highest BCUT2D eigenvalue weighted by Gasteiger charge is 2.13. The van der Waals surface area contributed by atoms with Crippen LogP contribution >= 0.6 is 11.3 Å². The number of aromatic nitrogens is 2. The highest BCUT2D eigenvalue weighted by molar-refractivity contribution is 7.85. The van der Waals surface area contributed by atoms with E-state index in [1.807, 2.05) is 25.3 Å². The minimum Gasteiger partial charge on any atom is -0.350 e. The first-order chi connectivity index (χ1) is 9.56. The summed E-state index contributed by atoms with van der Waals surface area (Å²) < 4.78 is 11.9. The maximum Gasteiger partial charge on any atom is 0.233 e. The van der Waals surface area contributed by atoms with E-state index >= 15 is 0 Å². The van der Waals surface area contributed by atoms with Gasteiger partial charge in [-0.1, -0.05) is 0 Å². The van der Waals surface area contributed by atoms with Crippen LogP contribution < -0.4 is 5.32 Å². The predicted molar refractivity (Wildman–Crippen MR) is 78.9 cm³/mol. The number of hydrogen-bond acceptors (Lipinski definition) is 5. The van der Waals surface area contributed by atoms with E-state index in [0.717, 1.165) is 16.0 Å². The van der Waals surface area contributed by atoms with E-state index in [9.17, 15) is 9.00 Å². The molecule has 5 nitrogen and oxygen atoms in total. The molecule has 0 radical (unpaired) electrons. The molecule has 2 rings (SSSR count). The Morgan fingerprint density at radius 2 is 2.05 bits per heavy atom. The molecule has 0 spiro atoms. The topological polar surface area (TPSA) is 72.0 Å². The van der Waals surface area contributed by atoms with Crippen molar-refractivity contribution in [3.63, 3.8) is 0 Å². The summed E-state index contributed by atoms with van der Waals surface area (Å²) in [6, 6.07) is 2.00. The fourth-order valence-corrected chi connectivity index (χ4v) is 3.15. The summed E-state index contributed by atoms with van der Waals surface area (Å²) in [5, 5.41) is 4.93. The van der Waals surface area contributed by atoms with Gasteiger partial charge >= 0.3 is 0 Å². The Morgan fingerprint density at radius 1 is 1.35 bits per heavy atom. The van der Waals surface area contributed by atoms with Crippen LogP contribution in [0.4, 0.5) is 0 Å². The summed E-state index contributed by atoms with van der Waals surface area (Å²) in [5.41, 5.74) is 2.04. The van der Waals surface area contributed by atoms with Gasteiger partial charge in [-0.2, -0.15) is 0 Å². The molecule has 0 aliphatic heterocycles. The fourth-order valence-electron chi connectivity index (χ4n) is 1.50. The Balaban J connectivity index is 1.86. The molecule has 106 valence electrons. The molecule has 0 aliphatic carbocycles. The second-order valence-electron chi connectivity index (χ2n) is 4.34. The molecule has 0 bridgehead atoms. The lowest BCUT2D eigenvalue weighted by Crippen LogP contribution is -2.28. The normalized spacial score (nSPS) is 12.1. The third kappa shape index (κ3) is 3.94. The van der Waals surface area contributed by atoms with Crippen molar-refractivity contribution in [2.45, 2.75) is 25.5 Å². The molecule has 2 heterocycles. The SMILES string of the molecule is Cc1cnc(S(=O)CC(=O)NCc2sccc2C)nc1. The Morgan fingerprint density at radius 3 is 2.65 bits per heavy atom. The number of nitrogens with zero attached hydrogens (tertiary/aromatic N) is 2. The van der Waals surface area contributed by atoms with E-state index in [-0.39, 0.29) is 16.8 Å². The van der Waals surface area contributed by atoms with Crippen LogP contribution in [0.25, 0.3) is 0 Å². The molecule has 2 aromatic heterocycles. The Bertz CT molecular complexity index is 623. The summed E-state index contributed by atoms with van der Waals surface area (Å²) in [6.45, 7) is 4.31. The number of aryl methyl sites for hydroxylation is 2. The predicted octanol–water partition coefficient (Wildman–Crippen LogP) is 1.58. The molecule has 7 heteroatoms. The first-order valence-corrected chi connectivity index (χ1v) is 8.23. The Labute approximate surface area is 123 Å². The van der Waals surface area contributed by atoms with Gasteiger partial charge in [-0.05, 0) is 36.4 Å². The molecule has 2 aromatic rings. The number of carbonyl (C=O) groups is 1. The molecule has 0 saturated carbocycles. The number of amides is 1. The molecule has 0 aliphatic rings. The van der Waals surface area contributed by atoms with Gasteiger partial charge in [0.25, 0.3) is 0 Å². The zero-order chi connectivity index (χ0) is 14.5. The van der Waals surface area contributed by atoms with Crippen LogP contribution in [-0.4, -0.2) is 25.8 Å². The van der Waals surface area contributed by atoms with Crippen molar-refractivity contribution >= 4 is 28.0 Å². The number of hydrogen-bond donors (Lipinski definition) is 1. The molecular formula is C13H15N3O2S2. The first-order valence-electron chi connectivity index (χ1n) is 6.03. The summed E-state index contributed by atoms with van der Waals surface area (Å²) in [6.07, 6.45) is 3.18. The monoisotopic (exact) mass is 309 g/mol. The van der Waals surface area contributed by atoms with E-state index in [0.29, 0.717) is 6.54 Å². The lowest BCUT2D eigenvalue weighted by molar-refractivity contribution is -0.118. The average Bonchev–Trinajstić information content (AvgIpc) is 2.82. The quantitative estimate of drug-likeness (QED) is 0.851. The zero-order valence-electron chi connectivity index (χ0n) is 11.3. The number of rotatable bonds is 5. The summed E-state index contributed by atoms with van der Waals surface area (Å²) >= 11 is 1.59. The molecular weight excluding hydrogens is 294 g/mol. The molecule has 0 aromatic carbocycles. The molecule has 20 heavy (non-hydrogen) atoms. The number of thiophene rings is 1. The Kier molecular flexibility index (Phi) is 4.97. The molecule has 1 unspecified atom stereocenters. The van der Waals surface area contributed by atoms with Gasteiger partial charge in [0.05, 0.1) is 6.54 Å². The first kappa shape index (κ1) is 14.8. The average molecular weight is 309 g/mol. The van der Waals surface area contributed by atoms with Crippen LogP contribution in [0.15, 0.2) is 29.0 Å². The van der Waals surface area contributed by atoms with E-state index in [2.05, 4.69) is 15.3 Å². The highest BCUT2D eigenvalue weighted by Crippen LogP contribution is 2.14. The minimum absolute atomic E-state index is 0.118. The van der Waals surface area contributed by atoms with E-state index in [4.69, 9.17) is 0 Å². The zero-order valence-corrected chi connectivity index (χ0v) is 12.9. The summed E-state index contributed by atoms with van der Waals surface area (Å²) in [7, 11) is -1.51. The second-order valence-corrected chi connectivity index (χ2v) is 6.68. The van der Waals surface area contributed by atoms with Crippen molar-refractivity contribution in [2.24, 2.45) is 0 Å². The number of nitrogens with one attached hydrogen (secondary N) is 1. The van der Waals surface area contributed by atoms with Crippen LogP contribution in [-0.2, 0) is 22.1 Å². The van der Waals surface area contributed by atoms with Crippen LogP contribution in [0.5, 0.6) is 0 Å². The van der Waals surface area contributed by atoms with Crippen molar-refractivity contribution in [1.29, 1.82) is 0 Å². The van der Waals surface area contributed by atoms with Gasteiger partial charge in [0.2, 0.25) is 11.1 Å². The molecule has 0 fully saturated rings. The minimum atomic E-state index is -1.51. The van der Waals surface area contributed by atoms with E-state index in [1.165, 1.54) is 0 Å². The van der Waals surface area contributed by atoms with Gasteiger partial charge < -0.3 is 5.32 Å². The maximum atomic E-state index is 11.9. The van der Waals surface area contributed by atoms with Crippen LogP contribution in [0.1, 0.15) is 16.0 Å². The van der Waals surface area contributed by atoms with Gasteiger partial charge in [-0.15, -0.1) is 11.3 Å². The van der Waals surface area contributed by atoms with Crippen molar-refractivity contribution in [3.05, 3.63) is 39.8 Å². The molecule has 1 atom stereocenters. The highest BCUT2D eigenvalue weighted by atomic mass is 32.2. The van der Waals surface area contributed by atoms with Crippen molar-refractivity contribution in [2.75, 3.05) is 5.75 Å². The third-order valence-electron chi connectivity index (χ3n) is 2.64. The fraction of sp³-hybridized carbons (Fsp3) is 0.308. The van der Waals surface area contributed by atoms with Crippen LogP contribution in [0, 0.1) is 13.8 Å². The maximum absolute atomic E-state index is 11.9. The van der Waals surface area contributed by atoms with E-state index < -0.39 is 10.8 Å². The molecule has 1 N–H and O–H groups in total. The van der Waals surface area contributed by atoms with Crippen molar-refractivity contribution in [3.8, 4) is 0 Å². The molecule has 0 saturated heterocycles. The summed E-state index contributed by atoms with van der Waals surface area (Å²) in [5.74, 6) is -0.381. The second kappa shape index (κ2) is 6.71. The van der Waals surface area contributed by atoms with Crippen molar-refractivity contribution in [1.82, 2.24) is 15.3 Å². The lowest BCUT2D eigenvalue weighted by atomic mass is 10.3. The third-order valence-corrected chi connectivity index (χ3v) is 4.80. The number of carbonyl (C=O) groups excluding carboxylic acids is 1. The van der Waals surface area contributed by atoms with Gasteiger partial charge in [0.15, 0.2) is 0 Å². The van der Waals surface area contributed by atoms with E-state index in [1.54, 1.807) is 23.7 Å². The smallest absolute Gasteiger partial charge is 0.233 e. The standard InChI is InChI=1S/C13H15N3O2S2/c1-9-5-15-13(16-6-9)20(18)8-12(17)14-7-11-10(2)3-4-19-11/h3-6H,7-8H2,1-2H3,(H,14,17). The van der Waals surface area contributed by atoms with Crippen LogP contribution in [0.3, 0.4) is 0 Å². The van der Waals surface area contributed by atoms with Gasteiger partial charge in [0.1, 0.15) is 16.6 Å².